The van der Waals surface area contributed by atoms with Gasteiger partial charge >= 0.3 is 0 Å². The maximum atomic E-state index is 13.0. The van der Waals surface area contributed by atoms with Gasteiger partial charge in [-0.15, -0.1) is 0 Å². The highest BCUT2D eigenvalue weighted by Gasteiger charge is 2.32. The molecule has 29 heavy (non-hydrogen) atoms. The average molecular weight is 402 g/mol. The molecule has 2 unspecified atom stereocenters. The lowest BCUT2D eigenvalue weighted by atomic mass is 9.93. The van der Waals surface area contributed by atoms with Gasteiger partial charge in [0.1, 0.15) is 0 Å². The number of ether oxygens (including phenoxy) is 1. The SMILES string of the molecule is CCC(=O)N1CCC2CCCC(CN(C(=O)CCOC)Cc3ccccc31)N2C. The second-order valence-electron chi connectivity index (χ2n) is 8.24. The van der Waals surface area contributed by atoms with Crippen molar-refractivity contribution in [3.63, 3.8) is 0 Å². The van der Waals surface area contributed by atoms with Crippen molar-refractivity contribution in [2.45, 2.75) is 64.1 Å². The first-order chi connectivity index (χ1) is 14.0. The lowest BCUT2D eigenvalue weighted by Crippen LogP contribution is -2.50. The van der Waals surface area contributed by atoms with E-state index < -0.39 is 0 Å². The number of hydrogen-bond acceptors (Lipinski definition) is 4. The molecule has 0 radical (unpaired) electrons. The fraction of sp³-hybridized carbons (Fsp3) is 0.652. The molecular formula is C23H35N3O3. The number of carbonyl (C=O) groups is 2. The normalized spacial score (nSPS) is 23.3. The van der Waals surface area contributed by atoms with Gasteiger partial charge in [0.25, 0.3) is 0 Å². The Hall–Kier alpha value is -1.92. The second-order valence-corrected chi connectivity index (χ2v) is 8.24. The topological polar surface area (TPSA) is 53.1 Å². The number of anilines is 1. The van der Waals surface area contributed by atoms with Gasteiger partial charge in [-0.2, -0.15) is 0 Å². The van der Waals surface area contributed by atoms with E-state index >= 15 is 0 Å². The summed E-state index contributed by atoms with van der Waals surface area (Å²) < 4.78 is 5.15. The van der Waals surface area contributed by atoms with Crippen molar-refractivity contribution in [2.24, 2.45) is 0 Å². The second kappa shape index (κ2) is 10.2. The van der Waals surface area contributed by atoms with Crippen LogP contribution in [0.5, 0.6) is 0 Å². The van der Waals surface area contributed by atoms with Gasteiger partial charge < -0.3 is 14.5 Å². The van der Waals surface area contributed by atoms with Crippen molar-refractivity contribution in [1.29, 1.82) is 0 Å². The number of nitrogens with zero attached hydrogens (tertiary/aromatic N) is 3. The monoisotopic (exact) mass is 401 g/mol. The number of fused-ring (bicyclic) bond motifs is 3. The van der Waals surface area contributed by atoms with Crippen molar-refractivity contribution >= 4 is 17.5 Å². The minimum Gasteiger partial charge on any atom is -0.384 e. The zero-order valence-electron chi connectivity index (χ0n) is 18.1. The fourth-order valence-electron chi connectivity index (χ4n) is 4.68. The number of methoxy groups -OCH3 is 1. The van der Waals surface area contributed by atoms with E-state index in [0.29, 0.717) is 38.1 Å². The number of piperidine rings is 1. The molecule has 6 nitrogen and oxygen atoms in total. The van der Waals surface area contributed by atoms with Crippen LogP contribution in [0.2, 0.25) is 0 Å². The predicted octanol–water partition coefficient (Wildman–Crippen LogP) is 3.05. The summed E-state index contributed by atoms with van der Waals surface area (Å²) in [6.45, 7) is 4.33. The van der Waals surface area contributed by atoms with Crippen LogP contribution in [0.4, 0.5) is 5.69 Å². The standard InChI is InChI=1S/C23H35N3O3/c1-4-22(27)26-14-12-19-9-7-10-20(24(19)2)17-25(23(28)13-15-29-3)16-18-8-5-6-11-21(18)26/h5-6,8,11,19-20H,4,7,9-10,12-17H2,1-3H3. The summed E-state index contributed by atoms with van der Waals surface area (Å²) in [6.07, 6.45) is 5.27. The molecular weight excluding hydrogens is 366 g/mol. The van der Waals surface area contributed by atoms with Gasteiger partial charge in [-0.05, 0) is 37.9 Å². The Morgan fingerprint density at radius 3 is 2.62 bits per heavy atom. The number of likely N-dealkylation sites (N-methyl/N-ethyl adjacent to an activating group) is 1. The van der Waals surface area contributed by atoms with E-state index in [9.17, 15) is 9.59 Å². The highest BCUT2D eigenvalue weighted by atomic mass is 16.5. The van der Waals surface area contributed by atoms with E-state index in [1.807, 2.05) is 34.9 Å². The van der Waals surface area contributed by atoms with Crippen molar-refractivity contribution in [3.8, 4) is 0 Å². The van der Waals surface area contributed by atoms with Crippen molar-refractivity contribution in [2.75, 3.05) is 38.8 Å². The van der Waals surface area contributed by atoms with Crippen LogP contribution in [-0.4, -0.2) is 67.6 Å². The molecule has 2 heterocycles. The molecule has 2 atom stereocenters. The van der Waals surface area contributed by atoms with Crippen molar-refractivity contribution in [1.82, 2.24) is 9.80 Å². The molecule has 0 aliphatic carbocycles. The van der Waals surface area contributed by atoms with E-state index in [1.54, 1.807) is 7.11 Å². The minimum atomic E-state index is 0.116. The lowest BCUT2D eigenvalue weighted by molar-refractivity contribution is -0.134. The molecule has 1 fully saturated rings. The van der Waals surface area contributed by atoms with Gasteiger partial charge in [-0.3, -0.25) is 14.5 Å². The lowest BCUT2D eigenvalue weighted by Gasteiger charge is -2.42. The molecule has 2 aliphatic rings. The molecule has 1 aromatic rings. The molecule has 1 aromatic carbocycles. The molecule has 2 aliphatic heterocycles. The summed E-state index contributed by atoms with van der Waals surface area (Å²) in [6, 6.07) is 8.86. The Bertz CT molecular complexity index is 708. The summed E-state index contributed by atoms with van der Waals surface area (Å²) in [7, 11) is 3.81. The van der Waals surface area contributed by atoms with Crippen LogP contribution < -0.4 is 4.90 Å². The Labute approximate surface area is 174 Å². The largest absolute Gasteiger partial charge is 0.384 e. The van der Waals surface area contributed by atoms with Gasteiger partial charge in [-0.25, -0.2) is 0 Å². The third kappa shape index (κ3) is 5.17. The number of para-hydroxylation sites is 1. The highest BCUT2D eigenvalue weighted by molar-refractivity contribution is 5.94. The van der Waals surface area contributed by atoms with Gasteiger partial charge in [0, 0.05) is 50.9 Å². The molecule has 0 saturated carbocycles. The molecule has 160 valence electrons. The average Bonchev–Trinajstić information content (AvgIpc) is 2.75. The van der Waals surface area contributed by atoms with E-state index in [-0.39, 0.29) is 11.8 Å². The molecule has 6 heteroatoms. The quantitative estimate of drug-likeness (QED) is 0.778. The summed E-state index contributed by atoms with van der Waals surface area (Å²) >= 11 is 0. The molecule has 2 bridgehead atoms. The number of carbonyl (C=O) groups excluding carboxylic acids is 2. The van der Waals surface area contributed by atoms with Gasteiger partial charge in [0.2, 0.25) is 11.8 Å². The molecule has 0 spiro atoms. The van der Waals surface area contributed by atoms with Crippen LogP contribution in [0.15, 0.2) is 24.3 Å². The maximum Gasteiger partial charge on any atom is 0.226 e. The maximum absolute atomic E-state index is 13.0. The molecule has 2 amide bonds. The van der Waals surface area contributed by atoms with Crippen LogP contribution >= 0.6 is 0 Å². The Morgan fingerprint density at radius 1 is 1.10 bits per heavy atom. The highest BCUT2D eigenvalue weighted by Crippen LogP contribution is 2.29. The first-order valence-corrected chi connectivity index (χ1v) is 10.9. The van der Waals surface area contributed by atoms with Gasteiger partial charge in [0.15, 0.2) is 0 Å². The summed E-state index contributed by atoms with van der Waals surface area (Å²) in [5, 5.41) is 0. The molecule has 0 aromatic heterocycles. The van der Waals surface area contributed by atoms with Crippen LogP contribution in [-0.2, 0) is 20.9 Å². The van der Waals surface area contributed by atoms with E-state index in [1.165, 1.54) is 6.42 Å². The Morgan fingerprint density at radius 2 is 1.86 bits per heavy atom. The first-order valence-electron chi connectivity index (χ1n) is 10.9. The Kier molecular flexibility index (Phi) is 7.67. The molecule has 1 saturated heterocycles. The Balaban J connectivity index is 1.98. The first kappa shape index (κ1) is 21.8. The van der Waals surface area contributed by atoms with Crippen LogP contribution in [0.3, 0.4) is 0 Å². The van der Waals surface area contributed by atoms with E-state index in [4.69, 9.17) is 4.74 Å². The summed E-state index contributed by atoms with van der Waals surface area (Å²) in [5.41, 5.74) is 1.99. The van der Waals surface area contributed by atoms with E-state index in [0.717, 1.165) is 43.6 Å². The minimum absolute atomic E-state index is 0.116. The van der Waals surface area contributed by atoms with Gasteiger partial charge in [0.05, 0.1) is 13.0 Å². The number of benzene rings is 1. The number of amides is 2. The van der Waals surface area contributed by atoms with Crippen molar-refractivity contribution < 1.29 is 14.3 Å². The molecule has 0 N–H and O–H groups in total. The molecule has 3 rings (SSSR count). The fourth-order valence-corrected chi connectivity index (χ4v) is 4.68. The predicted molar refractivity (Wildman–Crippen MR) is 115 cm³/mol. The van der Waals surface area contributed by atoms with E-state index in [2.05, 4.69) is 18.0 Å². The zero-order valence-corrected chi connectivity index (χ0v) is 18.1. The zero-order chi connectivity index (χ0) is 20.8. The number of hydrogen-bond donors (Lipinski definition) is 0. The summed E-state index contributed by atoms with van der Waals surface area (Å²) in [5.74, 6) is 0.258. The van der Waals surface area contributed by atoms with Gasteiger partial charge in [-0.1, -0.05) is 31.5 Å². The third-order valence-electron chi connectivity index (χ3n) is 6.46. The smallest absolute Gasteiger partial charge is 0.226 e. The number of rotatable bonds is 4. The van der Waals surface area contributed by atoms with Crippen LogP contribution in [0, 0.1) is 0 Å². The third-order valence-corrected chi connectivity index (χ3v) is 6.46. The van der Waals surface area contributed by atoms with Crippen molar-refractivity contribution in [3.05, 3.63) is 29.8 Å². The summed E-state index contributed by atoms with van der Waals surface area (Å²) in [4.78, 5) is 32.2. The van der Waals surface area contributed by atoms with Crippen LogP contribution in [0.1, 0.15) is 51.0 Å². The van der Waals surface area contributed by atoms with Crippen LogP contribution in [0.25, 0.3) is 0 Å².